The second-order valence-corrected chi connectivity index (χ2v) is 8.69. The second kappa shape index (κ2) is 8.01. The SMILES string of the molecule is Cc1ccc2nc(CSCC(=O)N3CCC(NCC4CC4)CC3)cn2c1. The first kappa shape index (κ1) is 17.9. The molecule has 0 radical (unpaired) electrons. The number of hydrogen-bond donors (Lipinski definition) is 1. The Labute approximate surface area is 159 Å². The van der Waals surface area contributed by atoms with Crippen LogP contribution in [0.1, 0.15) is 36.9 Å². The fraction of sp³-hybridized carbons (Fsp3) is 0.600. The van der Waals surface area contributed by atoms with Gasteiger partial charge in [-0.05, 0) is 56.7 Å². The van der Waals surface area contributed by atoms with Crippen LogP contribution in [0.5, 0.6) is 0 Å². The Hall–Kier alpha value is -1.53. The number of thioether (sulfide) groups is 1. The van der Waals surface area contributed by atoms with Crippen LogP contribution in [-0.4, -0.2) is 51.6 Å². The molecular weight excluding hydrogens is 344 g/mol. The van der Waals surface area contributed by atoms with Crippen molar-refractivity contribution < 1.29 is 4.79 Å². The zero-order valence-corrected chi connectivity index (χ0v) is 16.3. The maximum atomic E-state index is 12.4. The molecule has 6 heteroatoms. The highest BCUT2D eigenvalue weighted by Gasteiger charge is 2.25. The Morgan fingerprint density at radius 2 is 2.04 bits per heavy atom. The van der Waals surface area contributed by atoms with Crippen molar-refractivity contribution >= 4 is 23.3 Å². The lowest BCUT2D eigenvalue weighted by Gasteiger charge is -2.32. The molecule has 2 fully saturated rings. The zero-order valence-electron chi connectivity index (χ0n) is 15.5. The van der Waals surface area contributed by atoms with Gasteiger partial charge in [-0.25, -0.2) is 4.98 Å². The molecule has 0 bridgehead atoms. The third kappa shape index (κ3) is 4.60. The number of nitrogens with one attached hydrogen (secondary N) is 1. The third-order valence-corrected chi connectivity index (χ3v) is 6.32. The van der Waals surface area contributed by atoms with Gasteiger partial charge in [-0.15, -0.1) is 11.8 Å². The lowest BCUT2D eigenvalue weighted by Crippen LogP contribution is -2.45. The van der Waals surface area contributed by atoms with Crippen molar-refractivity contribution in [2.45, 2.75) is 44.4 Å². The number of imidazole rings is 1. The number of fused-ring (bicyclic) bond motifs is 1. The van der Waals surface area contributed by atoms with Crippen LogP contribution in [0, 0.1) is 12.8 Å². The van der Waals surface area contributed by atoms with Crippen LogP contribution in [0.3, 0.4) is 0 Å². The van der Waals surface area contributed by atoms with Crippen LogP contribution in [0.4, 0.5) is 0 Å². The molecule has 1 saturated heterocycles. The summed E-state index contributed by atoms with van der Waals surface area (Å²) in [5.41, 5.74) is 3.23. The van der Waals surface area contributed by atoms with Crippen molar-refractivity contribution in [1.82, 2.24) is 19.6 Å². The minimum absolute atomic E-state index is 0.273. The summed E-state index contributed by atoms with van der Waals surface area (Å²) in [5.74, 6) is 2.53. The number of carbonyl (C=O) groups is 1. The summed E-state index contributed by atoms with van der Waals surface area (Å²) < 4.78 is 2.06. The van der Waals surface area contributed by atoms with E-state index in [-0.39, 0.29) is 5.91 Å². The van der Waals surface area contributed by atoms with E-state index in [4.69, 9.17) is 0 Å². The summed E-state index contributed by atoms with van der Waals surface area (Å²) in [6.45, 7) is 5.05. The number of carbonyl (C=O) groups excluding carboxylic acids is 1. The minimum atomic E-state index is 0.273. The van der Waals surface area contributed by atoms with E-state index in [1.807, 2.05) is 11.0 Å². The predicted octanol–water partition coefficient (Wildman–Crippen LogP) is 2.87. The number of pyridine rings is 1. The Kier molecular flexibility index (Phi) is 5.50. The average molecular weight is 373 g/mol. The molecule has 140 valence electrons. The summed E-state index contributed by atoms with van der Waals surface area (Å²) in [7, 11) is 0. The number of amides is 1. The van der Waals surface area contributed by atoms with Crippen LogP contribution in [-0.2, 0) is 10.5 Å². The molecule has 0 spiro atoms. The molecule has 2 aliphatic rings. The summed E-state index contributed by atoms with van der Waals surface area (Å²) in [5, 5.41) is 3.67. The molecule has 1 aliphatic heterocycles. The number of aromatic nitrogens is 2. The summed E-state index contributed by atoms with van der Waals surface area (Å²) >= 11 is 1.67. The topological polar surface area (TPSA) is 49.6 Å². The van der Waals surface area contributed by atoms with Gasteiger partial charge in [0.05, 0.1) is 11.4 Å². The fourth-order valence-corrected chi connectivity index (χ4v) is 4.36. The van der Waals surface area contributed by atoms with E-state index in [1.54, 1.807) is 11.8 Å². The van der Waals surface area contributed by atoms with E-state index in [1.165, 1.54) is 24.9 Å². The number of likely N-dealkylation sites (tertiary alicyclic amines) is 1. The van der Waals surface area contributed by atoms with Gasteiger partial charge >= 0.3 is 0 Å². The molecule has 1 amide bonds. The number of nitrogens with zero attached hydrogens (tertiary/aromatic N) is 3. The number of aryl methyl sites for hydroxylation is 1. The minimum Gasteiger partial charge on any atom is -0.342 e. The maximum absolute atomic E-state index is 12.4. The van der Waals surface area contributed by atoms with E-state index in [2.05, 4.69) is 40.1 Å². The number of hydrogen-bond acceptors (Lipinski definition) is 4. The first-order valence-corrected chi connectivity index (χ1v) is 10.9. The third-order valence-electron chi connectivity index (χ3n) is 5.36. The molecule has 5 nitrogen and oxygen atoms in total. The molecule has 0 unspecified atom stereocenters. The van der Waals surface area contributed by atoms with E-state index >= 15 is 0 Å². The summed E-state index contributed by atoms with van der Waals surface area (Å²) in [6.07, 6.45) is 9.13. The Morgan fingerprint density at radius 1 is 1.23 bits per heavy atom. The average Bonchev–Trinajstić information content (AvgIpc) is 3.39. The highest BCUT2D eigenvalue weighted by Crippen LogP contribution is 2.28. The second-order valence-electron chi connectivity index (χ2n) is 7.70. The number of piperidine rings is 1. The lowest BCUT2D eigenvalue weighted by molar-refractivity contribution is -0.129. The molecule has 2 aromatic rings. The molecule has 1 aliphatic carbocycles. The van der Waals surface area contributed by atoms with Gasteiger partial charge in [0.15, 0.2) is 0 Å². The van der Waals surface area contributed by atoms with E-state index in [9.17, 15) is 4.79 Å². The van der Waals surface area contributed by atoms with Gasteiger partial charge in [-0.2, -0.15) is 0 Å². The molecule has 0 atom stereocenters. The van der Waals surface area contributed by atoms with Crippen molar-refractivity contribution in [3.8, 4) is 0 Å². The van der Waals surface area contributed by atoms with Crippen molar-refractivity contribution in [2.24, 2.45) is 5.92 Å². The van der Waals surface area contributed by atoms with Crippen molar-refractivity contribution in [3.05, 3.63) is 35.8 Å². The summed E-state index contributed by atoms with van der Waals surface area (Å²) in [6, 6.07) is 4.72. The molecule has 4 rings (SSSR count). The van der Waals surface area contributed by atoms with E-state index in [0.717, 1.165) is 48.9 Å². The van der Waals surface area contributed by atoms with Gasteiger partial charge in [-0.1, -0.05) is 6.07 Å². The lowest BCUT2D eigenvalue weighted by atomic mass is 10.0. The van der Waals surface area contributed by atoms with Crippen molar-refractivity contribution in [3.63, 3.8) is 0 Å². The summed E-state index contributed by atoms with van der Waals surface area (Å²) in [4.78, 5) is 19.1. The molecule has 1 N–H and O–H groups in total. The van der Waals surface area contributed by atoms with Gasteiger partial charge in [0, 0.05) is 37.3 Å². The quantitative estimate of drug-likeness (QED) is 0.812. The highest BCUT2D eigenvalue weighted by atomic mass is 32.2. The van der Waals surface area contributed by atoms with Crippen LogP contribution in [0.25, 0.3) is 5.65 Å². The van der Waals surface area contributed by atoms with Crippen LogP contribution >= 0.6 is 11.8 Å². The molecule has 2 aromatic heterocycles. The first-order valence-electron chi connectivity index (χ1n) is 9.70. The largest absolute Gasteiger partial charge is 0.342 e. The fourth-order valence-electron chi connectivity index (χ4n) is 3.55. The predicted molar refractivity (Wildman–Crippen MR) is 106 cm³/mol. The highest BCUT2D eigenvalue weighted by molar-refractivity contribution is 7.99. The maximum Gasteiger partial charge on any atom is 0.232 e. The first-order chi connectivity index (χ1) is 12.7. The van der Waals surface area contributed by atoms with Gasteiger partial charge < -0.3 is 14.6 Å². The molecule has 0 aromatic carbocycles. The molecular formula is C20H28N4OS. The van der Waals surface area contributed by atoms with Crippen LogP contribution in [0.15, 0.2) is 24.5 Å². The van der Waals surface area contributed by atoms with Gasteiger partial charge in [0.25, 0.3) is 0 Å². The Morgan fingerprint density at radius 3 is 2.81 bits per heavy atom. The molecule has 26 heavy (non-hydrogen) atoms. The van der Waals surface area contributed by atoms with Gasteiger partial charge in [-0.3, -0.25) is 4.79 Å². The Balaban J connectivity index is 1.18. The van der Waals surface area contributed by atoms with E-state index < -0.39 is 0 Å². The standard InChI is InChI=1S/C20H28N4OS/c1-15-2-5-19-22-18(12-24(19)11-15)13-26-14-20(25)23-8-6-17(7-9-23)21-10-16-3-4-16/h2,5,11-12,16-17,21H,3-4,6-10,13-14H2,1H3. The molecule has 1 saturated carbocycles. The smallest absolute Gasteiger partial charge is 0.232 e. The monoisotopic (exact) mass is 372 g/mol. The van der Waals surface area contributed by atoms with E-state index in [0.29, 0.717) is 11.8 Å². The van der Waals surface area contributed by atoms with Gasteiger partial charge in [0.2, 0.25) is 5.91 Å². The Bertz CT molecular complexity index is 762. The van der Waals surface area contributed by atoms with Crippen LogP contribution < -0.4 is 5.32 Å². The van der Waals surface area contributed by atoms with Gasteiger partial charge in [0.1, 0.15) is 5.65 Å². The number of rotatable bonds is 7. The van der Waals surface area contributed by atoms with Crippen molar-refractivity contribution in [1.29, 1.82) is 0 Å². The molecule has 3 heterocycles. The zero-order chi connectivity index (χ0) is 17.9. The normalized spacial score (nSPS) is 18.6. The van der Waals surface area contributed by atoms with Crippen LogP contribution in [0.2, 0.25) is 0 Å². The van der Waals surface area contributed by atoms with Crippen molar-refractivity contribution in [2.75, 3.05) is 25.4 Å².